The highest BCUT2D eigenvalue weighted by Gasteiger charge is 2.40. The lowest BCUT2D eigenvalue weighted by molar-refractivity contribution is 0.0985. The Hall–Kier alpha value is -3.19. The van der Waals surface area contributed by atoms with Crippen molar-refractivity contribution in [2.45, 2.75) is 50.7 Å². The van der Waals surface area contributed by atoms with Gasteiger partial charge in [-0.25, -0.2) is 14.8 Å². The molecular formula is C26H37N7O4S. The first-order valence-electron chi connectivity index (χ1n) is 12.6. The average molecular weight is 544 g/mol. The van der Waals surface area contributed by atoms with Gasteiger partial charge in [0.2, 0.25) is 0 Å². The summed E-state index contributed by atoms with van der Waals surface area (Å²) in [7, 11) is -1.25. The maximum absolute atomic E-state index is 12.4. The molecule has 2 aromatic heterocycles. The zero-order valence-electron chi connectivity index (χ0n) is 22.7. The Morgan fingerprint density at radius 3 is 2.45 bits per heavy atom. The summed E-state index contributed by atoms with van der Waals surface area (Å²) in [6, 6.07) is 8.81. The van der Waals surface area contributed by atoms with Gasteiger partial charge < -0.3 is 20.3 Å². The number of aryl methyl sites for hydroxylation is 1. The molecule has 0 bridgehead atoms. The summed E-state index contributed by atoms with van der Waals surface area (Å²) in [5.41, 5.74) is 2.49. The van der Waals surface area contributed by atoms with Crippen LogP contribution in [0.1, 0.15) is 40.3 Å². The number of carbonyl (C=O) groups is 1. The molecule has 3 aromatic rings. The number of ether oxygens (including phenoxy) is 1. The van der Waals surface area contributed by atoms with E-state index < -0.39 is 15.3 Å². The number of nitrogens with one attached hydrogen (secondary N) is 2. The molecule has 1 fully saturated rings. The van der Waals surface area contributed by atoms with Crippen LogP contribution in [0.5, 0.6) is 0 Å². The molecule has 1 aliphatic rings. The van der Waals surface area contributed by atoms with E-state index in [0.717, 1.165) is 5.56 Å². The molecule has 1 saturated heterocycles. The zero-order chi connectivity index (χ0) is 27.7. The van der Waals surface area contributed by atoms with Crippen LogP contribution in [-0.2, 0) is 16.5 Å². The molecule has 38 heavy (non-hydrogen) atoms. The molecule has 0 aliphatic carbocycles. The number of aromatic nitrogens is 4. The van der Waals surface area contributed by atoms with Crippen molar-refractivity contribution in [3.05, 3.63) is 48.4 Å². The van der Waals surface area contributed by atoms with Gasteiger partial charge in [-0.3, -0.25) is 13.8 Å². The topological polar surface area (TPSA) is 138 Å². The number of amides is 2. The van der Waals surface area contributed by atoms with E-state index in [2.05, 4.69) is 27.6 Å². The van der Waals surface area contributed by atoms with Gasteiger partial charge in [0, 0.05) is 42.4 Å². The lowest BCUT2D eigenvalue weighted by atomic mass is 10.1. The molecule has 12 heteroatoms. The summed E-state index contributed by atoms with van der Waals surface area (Å²) < 4.78 is 28.4. The number of benzene rings is 1. The van der Waals surface area contributed by atoms with E-state index in [1.54, 1.807) is 50.1 Å². The molecule has 1 aromatic carbocycles. The number of hydrogen-bond acceptors (Lipinski definition) is 8. The van der Waals surface area contributed by atoms with E-state index in [4.69, 9.17) is 14.7 Å². The van der Waals surface area contributed by atoms with Gasteiger partial charge in [-0.05, 0) is 58.9 Å². The summed E-state index contributed by atoms with van der Waals surface area (Å²) in [6.07, 6.45) is 3.27. The fourth-order valence-corrected chi connectivity index (χ4v) is 5.90. The largest absolute Gasteiger partial charge is 0.377 e. The lowest BCUT2D eigenvalue weighted by Gasteiger charge is -2.49. The second-order valence-electron chi connectivity index (χ2n) is 10.3. The number of rotatable bonds is 7. The third kappa shape index (κ3) is 5.78. The van der Waals surface area contributed by atoms with Crippen molar-refractivity contribution in [2.24, 2.45) is 7.05 Å². The smallest absolute Gasteiger partial charge is 0.323 e. The van der Waals surface area contributed by atoms with Gasteiger partial charge in [0.05, 0.1) is 41.6 Å². The zero-order valence-corrected chi connectivity index (χ0v) is 23.5. The van der Waals surface area contributed by atoms with Gasteiger partial charge in [-0.1, -0.05) is 0 Å². The predicted molar refractivity (Wildman–Crippen MR) is 152 cm³/mol. The van der Waals surface area contributed by atoms with Crippen molar-refractivity contribution >= 4 is 33.8 Å². The van der Waals surface area contributed by atoms with Crippen molar-refractivity contribution < 1.29 is 18.6 Å². The van der Waals surface area contributed by atoms with E-state index in [9.17, 15) is 13.9 Å². The molecule has 0 spiro atoms. The second-order valence-corrected chi connectivity index (χ2v) is 13.4. The lowest BCUT2D eigenvalue weighted by Crippen LogP contribution is -2.44. The first kappa shape index (κ1) is 27.8. The second kappa shape index (κ2) is 10.9. The summed E-state index contributed by atoms with van der Waals surface area (Å²) in [4.78, 5) is 24.2. The fraction of sp³-hybridized carbons (Fsp3) is 0.462. The summed E-state index contributed by atoms with van der Waals surface area (Å²) in [5, 5.41) is 9.23. The van der Waals surface area contributed by atoms with Crippen LogP contribution in [0.25, 0.3) is 11.4 Å². The van der Waals surface area contributed by atoms with Crippen molar-refractivity contribution in [2.75, 3.05) is 35.3 Å². The number of urea groups is 1. The van der Waals surface area contributed by atoms with Gasteiger partial charge in [-0.2, -0.15) is 15.7 Å². The molecule has 1 atom stereocenters. The van der Waals surface area contributed by atoms with Gasteiger partial charge in [0.1, 0.15) is 5.82 Å². The SMILES string of the molecule is CC(C)S(O)(O)C(C)(C)c1cc(N2CCOC[C@@H]2C)nc(-c2ccc(NC(=O)Nc3cnn(C)c3)cc2)n1. The fourth-order valence-electron chi connectivity index (χ4n) is 4.31. The van der Waals surface area contributed by atoms with Crippen LogP contribution in [0.2, 0.25) is 0 Å². The number of carbonyl (C=O) groups excluding carboxylic acids is 1. The first-order chi connectivity index (χ1) is 17.9. The third-order valence-corrected chi connectivity index (χ3v) is 9.79. The molecule has 0 radical (unpaired) electrons. The van der Waals surface area contributed by atoms with Crippen LogP contribution >= 0.6 is 10.6 Å². The van der Waals surface area contributed by atoms with Crippen LogP contribution in [0, 0.1) is 0 Å². The van der Waals surface area contributed by atoms with E-state index in [1.165, 1.54) is 0 Å². The molecule has 0 saturated carbocycles. The Morgan fingerprint density at radius 1 is 1.16 bits per heavy atom. The van der Waals surface area contributed by atoms with Crippen molar-refractivity contribution in [1.82, 2.24) is 19.7 Å². The van der Waals surface area contributed by atoms with Crippen LogP contribution in [0.15, 0.2) is 42.7 Å². The molecule has 0 unspecified atom stereocenters. The maximum atomic E-state index is 12.4. The molecule has 206 valence electrons. The third-order valence-electron chi connectivity index (χ3n) is 6.76. The number of anilines is 3. The Labute approximate surface area is 225 Å². The van der Waals surface area contributed by atoms with E-state index in [1.807, 2.05) is 32.0 Å². The average Bonchev–Trinajstić information content (AvgIpc) is 3.28. The normalized spacial score (nSPS) is 17.0. The monoisotopic (exact) mass is 543 g/mol. The number of nitrogens with zero attached hydrogens (tertiary/aromatic N) is 5. The van der Waals surface area contributed by atoms with Gasteiger partial charge in [0.15, 0.2) is 5.82 Å². The molecule has 11 nitrogen and oxygen atoms in total. The van der Waals surface area contributed by atoms with Crippen molar-refractivity contribution in [1.29, 1.82) is 0 Å². The highest BCUT2D eigenvalue weighted by molar-refractivity contribution is 8.25. The first-order valence-corrected chi connectivity index (χ1v) is 14.2. The summed E-state index contributed by atoms with van der Waals surface area (Å²) >= 11 is 0. The minimum atomic E-state index is -3.03. The highest BCUT2D eigenvalue weighted by atomic mass is 32.3. The quantitative estimate of drug-likeness (QED) is 0.321. The summed E-state index contributed by atoms with van der Waals surface area (Å²) in [6.45, 7) is 11.2. The number of morpholine rings is 1. The Bertz CT molecular complexity index is 1280. The van der Waals surface area contributed by atoms with Crippen molar-refractivity contribution in [3.8, 4) is 11.4 Å². The van der Waals surface area contributed by atoms with E-state index >= 15 is 0 Å². The molecule has 1 aliphatic heterocycles. The molecular weight excluding hydrogens is 506 g/mol. The minimum Gasteiger partial charge on any atom is -0.377 e. The highest BCUT2D eigenvalue weighted by Crippen LogP contribution is 2.60. The maximum Gasteiger partial charge on any atom is 0.323 e. The van der Waals surface area contributed by atoms with Gasteiger partial charge in [-0.15, -0.1) is 0 Å². The van der Waals surface area contributed by atoms with Crippen LogP contribution in [0.4, 0.5) is 22.0 Å². The van der Waals surface area contributed by atoms with Gasteiger partial charge >= 0.3 is 6.03 Å². The van der Waals surface area contributed by atoms with Crippen LogP contribution < -0.4 is 15.5 Å². The Kier molecular flexibility index (Phi) is 7.98. The molecule has 4 rings (SSSR count). The predicted octanol–water partition coefficient (Wildman–Crippen LogP) is 5.14. The minimum absolute atomic E-state index is 0.109. The molecule has 4 N–H and O–H groups in total. The Morgan fingerprint density at radius 2 is 1.84 bits per heavy atom. The number of hydrogen-bond donors (Lipinski definition) is 4. The standard InChI is InChI=1S/C26H37N7O4S/c1-17(2)38(35,36)26(4,5)22-13-23(33-11-12-37-16-18(33)3)31-24(30-22)19-7-9-20(10-8-19)28-25(34)29-21-14-27-32(6)15-21/h7-10,13-15,17-18,35-36H,11-12,16H2,1-6H3,(H2,28,29,34)/t18-/m0/s1. The Balaban J connectivity index is 1.65. The molecule has 3 heterocycles. The van der Waals surface area contributed by atoms with Crippen LogP contribution in [0.3, 0.4) is 0 Å². The van der Waals surface area contributed by atoms with E-state index in [0.29, 0.717) is 48.5 Å². The summed E-state index contributed by atoms with van der Waals surface area (Å²) in [5.74, 6) is 1.18. The van der Waals surface area contributed by atoms with Gasteiger partial charge in [0.25, 0.3) is 0 Å². The van der Waals surface area contributed by atoms with E-state index in [-0.39, 0.29) is 17.3 Å². The van der Waals surface area contributed by atoms with Crippen LogP contribution in [-0.4, -0.2) is 65.9 Å². The molecule has 2 amide bonds. The van der Waals surface area contributed by atoms with Crippen molar-refractivity contribution in [3.63, 3.8) is 0 Å².